The molecule has 0 N–H and O–H groups in total. The molecule has 0 bridgehead atoms. The van der Waals surface area contributed by atoms with Gasteiger partial charge in [-0.25, -0.2) is 0 Å². The molecule has 0 amide bonds. The summed E-state index contributed by atoms with van der Waals surface area (Å²) in [5, 5.41) is 1.08. The highest BCUT2D eigenvalue weighted by atomic mass is 35.5. The highest BCUT2D eigenvalue weighted by molar-refractivity contribution is 6.42. The molecule has 2 nitrogen and oxygen atoms in total. The van der Waals surface area contributed by atoms with Gasteiger partial charge in [0, 0.05) is 18.1 Å². The van der Waals surface area contributed by atoms with E-state index in [9.17, 15) is 4.79 Å². The zero-order valence-corrected chi connectivity index (χ0v) is 12.9. The van der Waals surface area contributed by atoms with Crippen LogP contribution in [0, 0.1) is 5.92 Å². The second-order valence-corrected chi connectivity index (χ2v) is 6.04. The maximum Gasteiger partial charge on any atom is 0.166 e. The van der Waals surface area contributed by atoms with Crippen LogP contribution in [0.4, 0.5) is 0 Å². The number of hydrogen-bond donors (Lipinski definition) is 0. The molecule has 1 aliphatic carbocycles. The Kier molecular flexibility index (Phi) is 5.13. The van der Waals surface area contributed by atoms with Crippen molar-refractivity contribution in [3.05, 3.63) is 32.8 Å². The first-order valence-corrected chi connectivity index (χ1v) is 7.44. The summed E-state index contributed by atoms with van der Waals surface area (Å²) < 4.78 is 5.48. The molecule has 0 heterocycles. The molecule has 1 aromatic carbocycles. The summed E-state index contributed by atoms with van der Waals surface area (Å²) in [6, 6.07) is 3.10. The Labute approximate surface area is 128 Å². The summed E-state index contributed by atoms with van der Waals surface area (Å²) in [6.07, 6.45) is 2.63. The summed E-state index contributed by atoms with van der Waals surface area (Å²) in [4.78, 5) is 12.2. The molecule has 19 heavy (non-hydrogen) atoms. The first-order chi connectivity index (χ1) is 9.01. The van der Waals surface area contributed by atoms with Crippen LogP contribution in [0.15, 0.2) is 12.1 Å². The number of rotatable bonds is 5. The molecule has 1 aromatic rings. The normalized spacial score (nSPS) is 22.1. The van der Waals surface area contributed by atoms with E-state index >= 15 is 0 Å². The number of ether oxygens (including phenoxy) is 1. The Balaban J connectivity index is 1.98. The molecule has 1 aliphatic rings. The van der Waals surface area contributed by atoms with Gasteiger partial charge < -0.3 is 4.74 Å². The van der Waals surface area contributed by atoms with E-state index in [-0.39, 0.29) is 5.78 Å². The van der Waals surface area contributed by atoms with Gasteiger partial charge >= 0.3 is 0 Å². The minimum absolute atomic E-state index is 0.0217. The maximum absolute atomic E-state index is 12.2. The van der Waals surface area contributed by atoms with Crippen LogP contribution in [0.3, 0.4) is 0 Å². The Hall–Kier alpha value is -0.280. The molecule has 0 aromatic heterocycles. The molecule has 0 atom stereocenters. The lowest BCUT2D eigenvalue weighted by molar-refractivity contribution is -0.0246. The van der Waals surface area contributed by atoms with Crippen LogP contribution in [-0.2, 0) is 4.74 Å². The van der Waals surface area contributed by atoms with Gasteiger partial charge in [0.05, 0.1) is 21.7 Å². The molecular formula is C14H15Cl3O2. The second kappa shape index (κ2) is 6.45. The SMILES string of the molecule is CCOC1CC(CC(=O)c2c(Cl)cc(Cl)cc2Cl)C1. The fourth-order valence-electron chi connectivity index (χ4n) is 2.39. The molecule has 1 fully saturated rings. The third kappa shape index (κ3) is 3.63. The van der Waals surface area contributed by atoms with E-state index in [1.54, 1.807) is 12.1 Å². The van der Waals surface area contributed by atoms with Crippen molar-refractivity contribution in [3.63, 3.8) is 0 Å². The third-order valence-corrected chi connectivity index (χ3v) is 4.17. The molecule has 0 spiro atoms. The zero-order valence-electron chi connectivity index (χ0n) is 10.6. The fourth-order valence-corrected chi connectivity index (χ4v) is 3.41. The maximum atomic E-state index is 12.2. The summed E-state index contributed by atoms with van der Waals surface area (Å²) in [7, 11) is 0. The van der Waals surface area contributed by atoms with E-state index in [1.165, 1.54) is 0 Å². The van der Waals surface area contributed by atoms with Gasteiger partial charge in [-0.1, -0.05) is 34.8 Å². The van der Waals surface area contributed by atoms with Gasteiger partial charge in [0.1, 0.15) is 0 Å². The Bertz CT molecular complexity index is 459. The van der Waals surface area contributed by atoms with Crippen LogP contribution in [-0.4, -0.2) is 18.5 Å². The highest BCUT2D eigenvalue weighted by Gasteiger charge is 2.32. The summed E-state index contributed by atoms with van der Waals surface area (Å²) in [5.41, 5.74) is 0.382. The van der Waals surface area contributed by atoms with Crippen LogP contribution in [0.25, 0.3) is 0 Å². The van der Waals surface area contributed by atoms with Crippen molar-refractivity contribution in [2.45, 2.75) is 32.3 Å². The van der Waals surface area contributed by atoms with Gasteiger partial charge in [-0.2, -0.15) is 0 Å². The van der Waals surface area contributed by atoms with Gasteiger partial charge in [-0.05, 0) is 37.8 Å². The molecule has 0 saturated heterocycles. The summed E-state index contributed by atoms with van der Waals surface area (Å²) in [5.74, 6) is 0.346. The minimum atomic E-state index is -0.0217. The standard InChI is InChI=1S/C14H15Cl3O2/c1-2-19-10-3-8(4-10)5-13(18)14-11(16)6-9(15)7-12(14)17/h6-8,10H,2-5H2,1H3. The molecule has 5 heteroatoms. The van der Waals surface area contributed by atoms with Crippen LogP contribution >= 0.6 is 34.8 Å². The van der Waals surface area contributed by atoms with E-state index in [1.807, 2.05) is 6.92 Å². The predicted molar refractivity (Wildman–Crippen MR) is 78.6 cm³/mol. The highest BCUT2D eigenvalue weighted by Crippen LogP contribution is 2.36. The molecule has 104 valence electrons. The van der Waals surface area contributed by atoms with Crippen LogP contribution in [0.1, 0.15) is 36.5 Å². The molecular weight excluding hydrogens is 307 g/mol. The van der Waals surface area contributed by atoms with Crippen molar-refractivity contribution < 1.29 is 9.53 Å². The van der Waals surface area contributed by atoms with Gasteiger partial charge in [0.15, 0.2) is 5.78 Å². The van der Waals surface area contributed by atoms with E-state index < -0.39 is 0 Å². The van der Waals surface area contributed by atoms with E-state index in [2.05, 4.69) is 0 Å². The van der Waals surface area contributed by atoms with Crippen LogP contribution in [0.5, 0.6) is 0 Å². The smallest absolute Gasteiger partial charge is 0.166 e. The first-order valence-electron chi connectivity index (χ1n) is 6.30. The van der Waals surface area contributed by atoms with Gasteiger partial charge in [0.25, 0.3) is 0 Å². The number of benzene rings is 1. The lowest BCUT2D eigenvalue weighted by Crippen LogP contribution is -2.32. The third-order valence-electron chi connectivity index (χ3n) is 3.35. The summed E-state index contributed by atoms with van der Waals surface area (Å²) >= 11 is 17.9. The van der Waals surface area contributed by atoms with Crippen LogP contribution < -0.4 is 0 Å². The lowest BCUT2D eigenvalue weighted by Gasteiger charge is -2.34. The van der Waals surface area contributed by atoms with Gasteiger partial charge in [-0.15, -0.1) is 0 Å². The molecule has 1 saturated carbocycles. The topological polar surface area (TPSA) is 26.3 Å². The van der Waals surface area contributed by atoms with Crippen molar-refractivity contribution in [2.75, 3.05) is 6.61 Å². The monoisotopic (exact) mass is 320 g/mol. The van der Waals surface area contributed by atoms with Gasteiger partial charge in [-0.3, -0.25) is 4.79 Å². The predicted octanol–water partition coefficient (Wildman–Crippen LogP) is 5.03. The van der Waals surface area contributed by atoms with Crippen molar-refractivity contribution >= 4 is 40.6 Å². The second-order valence-electron chi connectivity index (χ2n) is 4.79. The number of halogens is 3. The largest absolute Gasteiger partial charge is 0.378 e. The zero-order chi connectivity index (χ0) is 14.0. The Morgan fingerprint density at radius 3 is 2.37 bits per heavy atom. The lowest BCUT2D eigenvalue weighted by atomic mass is 9.78. The number of hydrogen-bond acceptors (Lipinski definition) is 2. The fraction of sp³-hybridized carbons (Fsp3) is 0.500. The van der Waals surface area contributed by atoms with Crippen molar-refractivity contribution in [1.82, 2.24) is 0 Å². The number of carbonyl (C=O) groups is 1. The average molecular weight is 322 g/mol. The number of ketones is 1. The number of Topliss-reactive ketones (excluding diaryl/α,β-unsaturated/α-hetero) is 1. The number of carbonyl (C=O) groups excluding carboxylic acids is 1. The van der Waals surface area contributed by atoms with E-state index in [4.69, 9.17) is 39.5 Å². The molecule has 0 aliphatic heterocycles. The molecule has 2 rings (SSSR count). The van der Waals surface area contributed by atoms with Crippen molar-refractivity contribution in [2.24, 2.45) is 5.92 Å². The van der Waals surface area contributed by atoms with Gasteiger partial charge in [0.2, 0.25) is 0 Å². The minimum Gasteiger partial charge on any atom is -0.378 e. The average Bonchev–Trinajstić information content (AvgIpc) is 2.24. The molecule has 0 unspecified atom stereocenters. The molecule has 0 radical (unpaired) electrons. The van der Waals surface area contributed by atoms with Crippen molar-refractivity contribution in [3.8, 4) is 0 Å². The van der Waals surface area contributed by atoms with E-state index in [0.717, 1.165) is 19.4 Å². The van der Waals surface area contributed by atoms with E-state index in [0.29, 0.717) is 39.1 Å². The Morgan fingerprint density at radius 2 is 1.84 bits per heavy atom. The Morgan fingerprint density at radius 1 is 1.26 bits per heavy atom. The summed E-state index contributed by atoms with van der Waals surface area (Å²) in [6.45, 7) is 2.70. The first kappa shape index (κ1) is 15.1. The van der Waals surface area contributed by atoms with Crippen molar-refractivity contribution in [1.29, 1.82) is 0 Å². The van der Waals surface area contributed by atoms with Crippen LogP contribution in [0.2, 0.25) is 15.1 Å². The quantitative estimate of drug-likeness (QED) is 0.711.